The Labute approximate surface area is 350 Å². The summed E-state index contributed by atoms with van der Waals surface area (Å²) in [5.74, 6) is -1.00. The summed E-state index contributed by atoms with van der Waals surface area (Å²) in [6, 6.07) is 0. The zero-order valence-electron chi connectivity index (χ0n) is 36.8. The molecule has 0 bridgehead atoms. The van der Waals surface area contributed by atoms with Gasteiger partial charge in [0.15, 0.2) is 6.10 Å². The first-order valence-corrected chi connectivity index (χ1v) is 23.1. The summed E-state index contributed by atoms with van der Waals surface area (Å²) in [6.07, 6.45) is 57.2. The Bertz CT molecular complexity index is 1140. The largest absolute Gasteiger partial charge is 0.462 e. The molecular weight excluding hydrogens is 709 g/mol. The molecule has 57 heavy (non-hydrogen) atoms. The maximum Gasteiger partial charge on any atom is 0.306 e. The van der Waals surface area contributed by atoms with E-state index in [2.05, 4.69) is 106 Å². The van der Waals surface area contributed by atoms with Gasteiger partial charge in [-0.3, -0.25) is 14.4 Å². The van der Waals surface area contributed by atoms with Crippen molar-refractivity contribution in [2.75, 3.05) is 13.2 Å². The molecule has 1 unspecified atom stereocenters. The first kappa shape index (κ1) is 53.6. The summed E-state index contributed by atoms with van der Waals surface area (Å²) in [6.45, 7) is 6.30. The van der Waals surface area contributed by atoms with Crippen LogP contribution in [0, 0.1) is 0 Å². The van der Waals surface area contributed by atoms with Crippen LogP contribution in [0.25, 0.3) is 0 Å². The number of carbonyl (C=O) groups excluding carboxylic acids is 3. The van der Waals surface area contributed by atoms with E-state index in [-0.39, 0.29) is 37.5 Å². The van der Waals surface area contributed by atoms with Crippen LogP contribution in [0.4, 0.5) is 0 Å². The molecule has 6 heteroatoms. The molecule has 0 aromatic rings. The van der Waals surface area contributed by atoms with Gasteiger partial charge in [-0.2, -0.15) is 0 Å². The highest BCUT2D eigenvalue weighted by Gasteiger charge is 2.19. The quantitative estimate of drug-likeness (QED) is 0.0266. The van der Waals surface area contributed by atoms with E-state index in [1.165, 1.54) is 64.2 Å². The van der Waals surface area contributed by atoms with Gasteiger partial charge in [0.2, 0.25) is 0 Å². The Hall–Kier alpha value is -3.41. The molecule has 0 aliphatic carbocycles. The van der Waals surface area contributed by atoms with Crippen molar-refractivity contribution >= 4 is 17.9 Å². The molecule has 1 atom stereocenters. The molecule has 0 aromatic carbocycles. The van der Waals surface area contributed by atoms with Gasteiger partial charge < -0.3 is 14.2 Å². The molecule has 0 saturated heterocycles. The van der Waals surface area contributed by atoms with Gasteiger partial charge in [0.05, 0.1) is 0 Å². The average molecular weight is 793 g/mol. The standard InChI is InChI=1S/C51H84O6/c1-4-7-10-13-16-19-22-25-26-27-30-32-35-38-41-44-50(53)56-47-48(57-51(54)45-42-39-36-33-29-24-21-18-15-12-9-6-3)46-55-49(52)43-40-37-34-31-28-23-20-17-14-11-8-5-2/h8-9,11-12,17-22,28-29,31,33,48H,4-7,10,13-16,23-27,30,32,34-47H2,1-3H3/b11-8-,12-9-,20-17-,21-18-,22-19-,31-28-,33-29-. The number of rotatable bonds is 40. The van der Waals surface area contributed by atoms with Crippen LogP contribution in [0.5, 0.6) is 0 Å². The van der Waals surface area contributed by atoms with Crippen LogP contribution in [-0.4, -0.2) is 37.2 Å². The van der Waals surface area contributed by atoms with E-state index >= 15 is 0 Å². The van der Waals surface area contributed by atoms with Gasteiger partial charge >= 0.3 is 17.9 Å². The van der Waals surface area contributed by atoms with E-state index in [1.807, 2.05) is 0 Å². The minimum Gasteiger partial charge on any atom is -0.462 e. The van der Waals surface area contributed by atoms with E-state index in [1.54, 1.807) is 0 Å². The zero-order chi connectivity index (χ0) is 41.5. The predicted molar refractivity (Wildman–Crippen MR) is 242 cm³/mol. The van der Waals surface area contributed by atoms with Crippen molar-refractivity contribution in [3.05, 3.63) is 85.1 Å². The van der Waals surface area contributed by atoms with Gasteiger partial charge in [-0.1, -0.05) is 157 Å². The Kier molecular flexibility index (Phi) is 42.6. The molecule has 0 amide bonds. The van der Waals surface area contributed by atoms with Crippen LogP contribution >= 0.6 is 0 Å². The van der Waals surface area contributed by atoms with E-state index in [9.17, 15) is 14.4 Å². The van der Waals surface area contributed by atoms with Crippen molar-refractivity contribution in [1.29, 1.82) is 0 Å². The molecule has 0 aromatic heterocycles. The van der Waals surface area contributed by atoms with Crippen LogP contribution in [0.2, 0.25) is 0 Å². The highest BCUT2D eigenvalue weighted by atomic mass is 16.6. The summed E-state index contributed by atoms with van der Waals surface area (Å²) in [4.78, 5) is 37.7. The highest BCUT2D eigenvalue weighted by Crippen LogP contribution is 2.12. The van der Waals surface area contributed by atoms with Crippen molar-refractivity contribution in [1.82, 2.24) is 0 Å². The van der Waals surface area contributed by atoms with Crippen LogP contribution < -0.4 is 0 Å². The molecule has 0 radical (unpaired) electrons. The molecule has 0 N–H and O–H groups in total. The fourth-order valence-electron chi connectivity index (χ4n) is 5.93. The van der Waals surface area contributed by atoms with Crippen molar-refractivity contribution in [2.24, 2.45) is 0 Å². The fourth-order valence-corrected chi connectivity index (χ4v) is 5.93. The lowest BCUT2D eigenvalue weighted by molar-refractivity contribution is -0.167. The predicted octanol–water partition coefficient (Wildman–Crippen LogP) is 14.9. The molecule has 0 heterocycles. The first-order chi connectivity index (χ1) is 28.0. The van der Waals surface area contributed by atoms with Crippen molar-refractivity contribution in [2.45, 2.75) is 207 Å². The third-order valence-corrected chi connectivity index (χ3v) is 9.36. The van der Waals surface area contributed by atoms with Crippen LogP contribution in [0.1, 0.15) is 201 Å². The van der Waals surface area contributed by atoms with E-state index in [4.69, 9.17) is 14.2 Å². The topological polar surface area (TPSA) is 78.9 Å². The second kappa shape index (κ2) is 45.3. The maximum absolute atomic E-state index is 12.7. The van der Waals surface area contributed by atoms with E-state index in [0.29, 0.717) is 19.3 Å². The second-order valence-electron chi connectivity index (χ2n) is 14.9. The van der Waals surface area contributed by atoms with Crippen LogP contribution in [-0.2, 0) is 28.6 Å². The summed E-state index contributed by atoms with van der Waals surface area (Å²) >= 11 is 0. The maximum atomic E-state index is 12.7. The first-order valence-electron chi connectivity index (χ1n) is 23.1. The molecular formula is C51H84O6. The van der Waals surface area contributed by atoms with Gasteiger partial charge in [0.25, 0.3) is 0 Å². The number of carbonyl (C=O) groups is 3. The zero-order valence-corrected chi connectivity index (χ0v) is 36.8. The van der Waals surface area contributed by atoms with Gasteiger partial charge in [-0.25, -0.2) is 0 Å². The Morgan fingerprint density at radius 3 is 1.12 bits per heavy atom. The van der Waals surface area contributed by atoms with Gasteiger partial charge in [0.1, 0.15) is 13.2 Å². The van der Waals surface area contributed by atoms with Gasteiger partial charge in [-0.05, 0) is 109 Å². The number of esters is 3. The molecule has 6 nitrogen and oxygen atoms in total. The summed E-state index contributed by atoms with van der Waals surface area (Å²) in [7, 11) is 0. The van der Waals surface area contributed by atoms with Crippen LogP contribution in [0.15, 0.2) is 85.1 Å². The molecule has 0 fully saturated rings. The third kappa shape index (κ3) is 43.6. The summed E-state index contributed by atoms with van der Waals surface area (Å²) in [5.41, 5.74) is 0. The average Bonchev–Trinajstić information content (AvgIpc) is 3.21. The monoisotopic (exact) mass is 793 g/mol. The lowest BCUT2D eigenvalue weighted by Gasteiger charge is -2.18. The summed E-state index contributed by atoms with van der Waals surface area (Å²) in [5, 5.41) is 0. The fraction of sp³-hybridized carbons (Fsp3) is 0.667. The number of allylic oxidation sites excluding steroid dienone is 14. The molecule has 0 aliphatic rings. The van der Waals surface area contributed by atoms with E-state index in [0.717, 1.165) is 89.9 Å². The number of ether oxygens (including phenoxy) is 3. The highest BCUT2D eigenvalue weighted by molar-refractivity contribution is 5.71. The van der Waals surface area contributed by atoms with Gasteiger partial charge in [0, 0.05) is 19.3 Å². The van der Waals surface area contributed by atoms with Gasteiger partial charge in [-0.15, -0.1) is 0 Å². The lowest BCUT2D eigenvalue weighted by atomic mass is 10.1. The molecule has 324 valence electrons. The number of unbranched alkanes of at least 4 members (excludes halogenated alkanes) is 15. The molecule has 0 rings (SSSR count). The Balaban J connectivity index is 4.49. The Morgan fingerprint density at radius 2 is 0.684 bits per heavy atom. The summed E-state index contributed by atoms with van der Waals surface area (Å²) < 4.78 is 16.6. The number of hydrogen-bond donors (Lipinski definition) is 0. The third-order valence-electron chi connectivity index (χ3n) is 9.36. The van der Waals surface area contributed by atoms with Crippen molar-refractivity contribution < 1.29 is 28.6 Å². The normalized spacial score (nSPS) is 12.8. The second-order valence-corrected chi connectivity index (χ2v) is 14.9. The lowest BCUT2D eigenvalue weighted by Crippen LogP contribution is -2.30. The molecule has 0 spiro atoms. The minimum atomic E-state index is -0.811. The van der Waals surface area contributed by atoms with E-state index < -0.39 is 6.10 Å². The van der Waals surface area contributed by atoms with Crippen molar-refractivity contribution in [3.8, 4) is 0 Å². The molecule has 0 saturated carbocycles. The Morgan fingerprint density at radius 1 is 0.368 bits per heavy atom. The smallest absolute Gasteiger partial charge is 0.306 e. The SMILES string of the molecule is CC/C=C\C/C=C\C/C=C\CCCCC(=O)OCC(COC(=O)CCCCCCCCC/C=C\CCCCCC)OC(=O)CCCC/C=C\C/C=C\C/C=C\CC. The van der Waals surface area contributed by atoms with Crippen molar-refractivity contribution in [3.63, 3.8) is 0 Å². The van der Waals surface area contributed by atoms with Crippen LogP contribution in [0.3, 0.4) is 0 Å². The minimum absolute atomic E-state index is 0.107. The molecule has 0 aliphatic heterocycles. The number of hydrogen-bond acceptors (Lipinski definition) is 6.